The van der Waals surface area contributed by atoms with E-state index in [2.05, 4.69) is 22.2 Å². The van der Waals surface area contributed by atoms with Gasteiger partial charge in [0.05, 0.1) is 18.5 Å². The molecular formula is C13H18N4O. The molecule has 5 heteroatoms. The molecule has 1 atom stereocenters. The van der Waals surface area contributed by atoms with Gasteiger partial charge in [0.25, 0.3) is 0 Å². The van der Waals surface area contributed by atoms with Crippen molar-refractivity contribution in [2.24, 2.45) is 5.92 Å². The summed E-state index contributed by atoms with van der Waals surface area (Å²) in [5, 5.41) is 3.33. The standard InChI is InChI=1S/C13H18N4O/c1-11(9-18-2)7-15-12-3-4-13(16-8-12)17-6-5-14-10-17/h3-6,8,10-11,15H,7,9H2,1-2H3. The Balaban J connectivity index is 1.92. The summed E-state index contributed by atoms with van der Waals surface area (Å²) in [5.74, 6) is 1.34. The molecule has 2 heterocycles. The second kappa shape index (κ2) is 6.16. The molecule has 96 valence electrons. The van der Waals surface area contributed by atoms with E-state index in [-0.39, 0.29) is 0 Å². The third kappa shape index (κ3) is 3.30. The minimum Gasteiger partial charge on any atom is -0.384 e. The maximum absolute atomic E-state index is 5.09. The molecule has 0 aliphatic carbocycles. The number of nitrogens with one attached hydrogen (secondary N) is 1. The van der Waals surface area contributed by atoms with Crippen molar-refractivity contribution in [3.05, 3.63) is 37.1 Å². The molecule has 1 unspecified atom stereocenters. The second-order valence-corrected chi connectivity index (χ2v) is 4.32. The van der Waals surface area contributed by atoms with E-state index in [1.807, 2.05) is 29.1 Å². The van der Waals surface area contributed by atoms with Crippen LogP contribution >= 0.6 is 0 Å². The van der Waals surface area contributed by atoms with E-state index in [0.717, 1.165) is 24.7 Å². The Labute approximate surface area is 107 Å². The highest BCUT2D eigenvalue weighted by Gasteiger charge is 2.02. The van der Waals surface area contributed by atoms with Gasteiger partial charge in [-0.3, -0.25) is 4.57 Å². The molecule has 0 radical (unpaired) electrons. The molecular weight excluding hydrogens is 228 g/mol. The van der Waals surface area contributed by atoms with Gasteiger partial charge in [-0.1, -0.05) is 6.92 Å². The topological polar surface area (TPSA) is 52.0 Å². The lowest BCUT2D eigenvalue weighted by molar-refractivity contribution is 0.164. The molecule has 0 aliphatic rings. The van der Waals surface area contributed by atoms with Crippen LogP contribution in [0.5, 0.6) is 0 Å². The highest BCUT2D eigenvalue weighted by atomic mass is 16.5. The van der Waals surface area contributed by atoms with Gasteiger partial charge >= 0.3 is 0 Å². The summed E-state index contributed by atoms with van der Waals surface area (Å²) in [6.45, 7) is 3.78. The monoisotopic (exact) mass is 246 g/mol. The molecule has 1 N–H and O–H groups in total. The van der Waals surface area contributed by atoms with Gasteiger partial charge < -0.3 is 10.1 Å². The first-order chi connectivity index (χ1) is 8.79. The highest BCUT2D eigenvalue weighted by molar-refractivity contribution is 5.43. The van der Waals surface area contributed by atoms with E-state index in [1.165, 1.54) is 0 Å². The second-order valence-electron chi connectivity index (χ2n) is 4.32. The fourth-order valence-electron chi connectivity index (χ4n) is 1.67. The Kier molecular flexibility index (Phi) is 4.30. The summed E-state index contributed by atoms with van der Waals surface area (Å²) in [7, 11) is 1.72. The molecule has 5 nitrogen and oxygen atoms in total. The van der Waals surface area contributed by atoms with Crippen LogP contribution in [0.25, 0.3) is 5.82 Å². The quantitative estimate of drug-likeness (QED) is 0.846. The normalized spacial score (nSPS) is 12.3. The van der Waals surface area contributed by atoms with Gasteiger partial charge in [-0.25, -0.2) is 9.97 Å². The molecule has 0 aliphatic heterocycles. The van der Waals surface area contributed by atoms with E-state index in [0.29, 0.717) is 5.92 Å². The zero-order valence-electron chi connectivity index (χ0n) is 10.7. The van der Waals surface area contributed by atoms with E-state index in [4.69, 9.17) is 4.74 Å². The maximum atomic E-state index is 5.09. The molecule has 0 aromatic carbocycles. The van der Waals surface area contributed by atoms with Crippen molar-refractivity contribution in [2.75, 3.05) is 25.6 Å². The van der Waals surface area contributed by atoms with Crippen LogP contribution in [0.4, 0.5) is 5.69 Å². The van der Waals surface area contributed by atoms with Crippen molar-refractivity contribution in [1.29, 1.82) is 0 Å². The number of hydrogen-bond acceptors (Lipinski definition) is 4. The summed E-state index contributed by atoms with van der Waals surface area (Å²) < 4.78 is 6.97. The molecule has 0 saturated carbocycles. The van der Waals surface area contributed by atoms with E-state index < -0.39 is 0 Å². The number of anilines is 1. The van der Waals surface area contributed by atoms with Gasteiger partial charge in [-0.2, -0.15) is 0 Å². The van der Waals surface area contributed by atoms with Gasteiger partial charge in [0, 0.05) is 26.0 Å². The summed E-state index contributed by atoms with van der Waals surface area (Å²) in [5.41, 5.74) is 1.02. The minimum absolute atomic E-state index is 0.475. The fourth-order valence-corrected chi connectivity index (χ4v) is 1.67. The molecule has 2 rings (SSSR count). The third-order valence-electron chi connectivity index (χ3n) is 2.62. The van der Waals surface area contributed by atoms with Gasteiger partial charge in [0.2, 0.25) is 0 Å². The zero-order chi connectivity index (χ0) is 12.8. The molecule has 0 amide bonds. The largest absolute Gasteiger partial charge is 0.384 e. The van der Waals surface area contributed by atoms with Crippen LogP contribution in [0.15, 0.2) is 37.1 Å². The SMILES string of the molecule is COCC(C)CNc1ccc(-n2ccnc2)nc1. The zero-order valence-corrected chi connectivity index (χ0v) is 10.7. The average Bonchev–Trinajstić information content (AvgIpc) is 2.91. The van der Waals surface area contributed by atoms with Gasteiger partial charge in [-0.15, -0.1) is 0 Å². The highest BCUT2D eigenvalue weighted by Crippen LogP contribution is 2.10. The molecule has 0 fully saturated rings. The number of nitrogens with zero attached hydrogens (tertiary/aromatic N) is 3. The molecule has 2 aromatic rings. The van der Waals surface area contributed by atoms with Crippen LogP contribution in [0.2, 0.25) is 0 Å². The number of ether oxygens (including phenoxy) is 1. The lowest BCUT2D eigenvalue weighted by atomic mass is 10.2. The van der Waals surface area contributed by atoms with E-state index >= 15 is 0 Å². The van der Waals surface area contributed by atoms with Crippen LogP contribution < -0.4 is 5.32 Å². The number of rotatable bonds is 6. The van der Waals surface area contributed by atoms with Crippen molar-refractivity contribution in [1.82, 2.24) is 14.5 Å². The minimum atomic E-state index is 0.475. The Morgan fingerprint density at radius 3 is 2.94 bits per heavy atom. The number of aromatic nitrogens is 3. The van der Waals surface area contributed by atoms with Crippen LogP contribution in [0.1, 0.15) is 6.92 Å². The summed E-state index contributed by atoms with van der Waals surface area (Å²) in [6.07, 6.45) is 7.17. The average molecular weight is 246 g/mol. The van der Waals surface area contributed by atoms with Crippen molar-refractivity contribution in [3.63, 3.8) is 0 Å². The Morgan fingerprint density at radius 2 is 2.33 bits per heavy atom. The third-order valence-corrected chi connectivity index (χ3v) is 2.62. The first-order valence-corrected chi connectivity index (χ1v) is 5.97. The molecule has 2 aromatic heterocycles. The van der Waals surface area contributed by atoms with Crippen LogP contribution in [-0.2, 0) is 4.74 Å². The van der Waals surface area contributed by atoms with Crippen LogP contribution in [0.3, 0.4) is 0 Å². The van der Waals surface area contributed by atoms with Crippen molar-refractivity contribution in [2.45, 2.75) is 6.92 Å². The summed E-state index contributed by atoms with van der Waals surface area (Å²) >= 11 is 0. The molecule has 0 bridgehead atoms. The predicted octanol–water partition coefficient (Wildman–Crippen LogP) is 1.96. The molecule has 0 spiro atoms. The van der Waals surface area contributed by atoms with E-state index in [9.17, 15) is 0 Å². The Morgan fingerprint density at radius 1 is 1.44 bits per heavy atom. The Hall–Kier alpha value is -1.88. The summed E-state index contributed by atoms with van der Waals surface area (Å²) in [4.78, 5) is 8.37. The lowest BCUT2D eigenvalue weighted by Crippen LogP contribution is -2.15. The van der Waals surface area contributed by atoms with Gasteiger partial charge in [0.15, 0.2) is 0 Å². The Bertz CT molecular complexity index is 452. The van der Waals surface area contributed by atoms with Gasteiger partial charge in [-0.05, 0) is 18.1 Å². The van der Waals surface area contributed by atoms with Crippen molar-refractivity contribution in [3.8, 4) is 5.82 Å². The van der Waals surface area contributed by atoms with Crippen LogP contribution in [-0.4, -0.2) is 34.8 Å². The van der Waals surface area contributed by atoms with Crippen molar-refractivity contribution < 1.29 is 4.74 Å². The molecule has 18 heavy (non-hydrogen) atoms. The first-order valence-electron chi connectivity index (χ1n) is 5.97. The molecule has 0 saturated heterocycles. The summed E-state index contributed by atoms with van der Waals surface area (Å²) in [6, 6.07) is 3.98. The lowest BCUT2D eigenvalue weighted by Gasteiger charge is -2.12. The first kappa shape index (κ1) is 12.6. The van der Waals surface area contributed by atoms with E-state index in [1.54, 1.807) is 19.6 Å². The maximum Gasteiger partial charge on any atom is 0.137 e. The van der Waals surface area contributed by atoms with Crippen LogP contribution in [0, 0.1) is 5.92 Å². The van der Waals surface area contributed by atoms with Gasteiger partial charge in [0.1, 0.15) is 12.1 Å². The smallest absolute Gasteiger partial charge is 0.137 e. The number of hydrogen-bond donors (Lipinski definition) is 1. The van der Waals surface area contributed by atoms with Crippen molar-refractivity contribution >= 4 is 5.69 Å². The number of methoxy groups -OCH3 is 1. The fraction of sp³-hybridized carbons (Fsp3) is 0.385. The predicted molar refractivity (Wildman–Crippen MR) is 70.9 cm³/mol. The number of imidazole rings is 1. The number of pyridine rings is 1.